The molecule has 33 heavy (non-hydrogen) atoms. The molecule has 4 rings (SSSR count). The number of para-hydroxylation sites is 1. The molecule has 4 aromatic rings. The van der Waals surface area contributed by atoms with Crippen LogP contribution in [-0.4, -0.2) is 11.5 Å². The van der Waals surface area contributed by atoms with E-state index >= 15 is 0 Å². The number of rotatable bonds is 8. The quantitative estimate of drug-likeness (QED) is 0.320. The van der Waals surface area contributed by atoms with Crippen molar-refractivity contribution in [2.75, 3.05) is 6.61 Å². The van der Waals surface area contributed by atoms with E-state index in [0.29, 0.717) is 29.4 Å². The van der Waals surface area contributed by atoms with E-state index < -0.39 is 7.28 Å². The Morgan fingerprint density at radius 3 is 1.64 bits per heavy atom. The summed E-state index contributed by atoms with van der Waals surface area (Å²) in [6.45, 7) is 6.28. The molecule has 0 unspecified atom stereocenters. The molecule has 4 heteroatoms. The van der Waals surface area contributed by atoms with E-state index in [4.69, 9.17) is 9.05 Å². The molecular formula is C29H31O3P. The van der Waals surface area contributed by atoms with Gasteiger partial charge in [-0.05, 0) is 0 Å². The zero-order valence-corrected chi connectivity index (χ0v) is 20.3. The molecule has 0 heterocycles. The van der Waals surface area contributed by atoms with Crippen LogP contribution in [0.25, 0.3) is 0 Å². The molecule has 4 aromatic carbocycles. The van der Waals surface area contributed by atoms with Crippen LogP contribution in [0.5, 0.6) is 5.75 Å². The first-order valence-corrected chi connectivity index (χ1v) is 13.3. The molecule has 0 amide bonds. The zero-order valence-electron chi connectivity index (χ0n) is 19.4. The summed E-state index contributed by atoms with van der Waals surface area (Å²) in [5, 5.41) is 1.38. The van der Waals surface area contributed by atoms with Gasteiger partial charge in [0.1, 0.15) is 0 Å². The van der Waals surface area contributed by atoms with Crippen molar-refractivity contribution in [2.45, 2.75) is 27.2 Å². The van der Waals surface area contributed by atoms with Gasteiger partial charge in [0.2, 0.25) is 0 Å². The van der Waals surface area contributed by atoms with Gasteiger partial charge in [0.05, 0.1) is 0 Å². The Labute approximate surface area is 196 Å². The van der Waals surface area contributed by atoms with Gasteiger partial charge in [-0.1, -0.05) is 0 Å². The second-order valence-electron chi connectivity index (χ2n) is 8.41. The fourth-order valence-electron chi connectivity index (χ4n) is 4.22. The molecule has 0 aliphatic heterocycles. The molecule has 0 aromatic heterocycles. The molecule has 0 spiro atoms. The van der Waals surface area contributed by atoms with E-state index in [1.54, 1.807) is 0 Å². The summed E-state index contributed by atoms with van der Waals surface area (Å²) in [4.78, 5) is 13.0. The predicted octanol–water partition coefficient (Wildman–Crippen LogP) is 6.19. The normalized spacial score (nSPS) is 12.7. The molecule has 0 atom stereocenters. The molecule has 0 radical (unpaired) electrons. The first kappa shape index (κ1) is 23.2. The third-order valence-corrected chi connectivity index (χ3v) is 9.91. The van der Waals surface area contributed by atoms with Crippen LogP contribution in [0.15, 0.2) is 103 Å². The van der Waals surface area contributed by atoms with Gasteiger partial charge >= 0.3 is 197 Å². The van der Waals surface area contributed by atoms with Gasteiger partial charge < -0.3 is 0 Å². The summed E-state index contributed by atoms with van der Waals surface area (Å²) in [6.07, 6.45) is 0.661. The van der Waals surface area contributed by atoms with Crippen LogP contribution < -0.4 is 15.1 Å². The van der Waals surface area contributed by atoms with Crippen LogP contribution >= 0.6 is 7.28 Å². The Kier molecular flexibility index (Phi) is 6.67. The molecule has 3 nitrogen and oxygen atoms in total. The SMILES string of the molecule is Cc1ccccc1OP(O)(OCCc1ccccc1)(c1ccccc1C)c1ccccc1C. The minimum absolute atomic E-state index is 0.312. The van der Waals surface area contributed by atoms with Crippen LogP contribution in [0, 0.1) is 20.8 Å². The second-order valence-corrected chi connectivity index (χ2v) is 11.6. The van der Waals surface area contributed by atoms with Crippen molar-refractivity contribution in [3.63, 3.8) is 0 Å². The van der Waals surface area contributed by atoms with Gasteiger partial charge in [-0.15, -0.1) is 0 Å². The third kappa shape index (κ3) is 4.58. The molecule has 0 aliphatic rings. The Balaban J connectivity index is 1.92. The molecule has 0 saturated heterocycles. The van der Waals surface area contributed by atoms with Crippen LogP contribution in [-0.2, 0) is 10.9 Å². The molecular weight excluding hydrogens is 427 g/mol. The average molecular weight is 459 g/mol. The average Bonchev–Trinajstić information content (AvgIpc) is 2.82. The molecule has 0 bridgehead atoms. The molecule has 0 fully saturated rings. The summed E-state index contributed by atoms with van der Waals surface area (Å²) < 4.78 is 13.4. The van der Waals surface area contributed by atoms with E-state index in [1.807, 2.05) is 112 Å². The zero-order chi connectivity index (χ0) is 23.3. The summed E-state index contributed by atoms with van der Waals surface area (Å²) in [6, 6.07) is 33.6. The maximum atomic E-state index is 13.0. The molecule has 0 aliphatic carbocycles. The fourth-order valence-corrected chi connectivity index (χ4v) is 8.10. The number of benzene rings is 4. The van der Waals surface area contributed by atoms with Gasteiger partial charge in [-0.25, -0.2) is 0 Å². The third-order valence-electron chi connectivity index (χ3n) is 6.01. The van der Waals surface area contributed by atoms with Crippen molar-refractivity contribution >= 4 is 17.9 Å². The summed E-state index contributed by atoms with van der Waals surface area (Å²) in [5.74, 6) is 0.615. The van der Waals surface area contributed by atoms with E-state index in [1.165, 1.54) is 0 Å². The van der Waals surface area contributed by atoms with Crippen LogP contribution in [0.2, 0.25) is 0 Å². The van der Waals surface area contributed by atoms with E-state index in [2.05, 4.69) is 12.1 Å². The summed E-state index contributed by atoms with van der Waals surface area (Å²) in [7, 11) is -4.58. The fraction of sp³-hybridized carbons (Fsp3) is 0.172. The van der Waals surface area contributed by atoms with E-state index in [9.17, 15) is 4.89 Å². The van der Waals surface area contributed by atoms with Crippen molar-refractivity contribution in [3.8, 4) is 5.75 Å². The summed E-state index contributed by atoms with van der Waals surface area (Å²) >= 11 is 0. The first-order valence-electron chi connectivity index (χ1n) is 11.3. The van der Waals surface area contributed by atoms with Gasteiger partial charge in [0.25, 0.3) is 0 Å². The number of hydrogen-bond acceptors (Lipinski definition) is 3. The van der Waals surface area contributed by atoms with Crippen molar-refractivity contribution in [1.29, 1.82) is 0 Å². The van der Waals surface area contributed by atoms with Crippen molar-refractivity contribution in [2.24, 2.45) is 0 Å². The Bertz CT molecular complexity index is 1190. The van der Waals surface area contributed by atoms with Gasteiger partial charge in [0, 0.05) is 0 Å². The van der Waals surface area contributed by atoms with Gasteiger partial charge in [-0.2, -0.15) is 0 Å². The maximum absolute atomic E-state index is 13.0. The van der Waals surface area contributed by atoms with Crippen molar-refractivity contribution < 1.29 is 13.9 Å². The Morgan fingerprint density at radius 2 is 1.09 bits per heavy atom. The van der Waals surface area contributed by atoms with Crippen LogP contribution in [0.4, 0.5) is 0 Å². The van der Waals surface area contributed by atoms with Crippen molar-refractivity contribution in [1.82, 2.24) is 0 Å². The first-order chi connectivity index (χ1) is 15.9. The predicted molar refractivity (Wildman–Crippen MR) is 139 cm³/mol. The molecule has 1 N–H and O–H groups in total. The molecule has 0 saturated carbocycles. The van der Waals surface area contributed by atoms with E-state index in [-0.39, 0.29) is 0 Å². The monoisotopic (exact) mass is 458 g/mol. The standard InChI is InChI=1S/C29H31O3P/c1-23-13-7-10-18-27(23)32-33(30,28-19-11-8-14-24(28)2,29-20-12-9-15-25(29)3)31-22-21-26-16-5-4-6-17-26/h4-20,30H,21-22H2,1-3H3. The second kappa shape index (κ2) is 9.49. The van der Waals surface area contributed by atoms with Gasteiger partial charge in [0.15, 0.2) is 0 Å². The minimum atomic E-state index is -4.58. The van der Waals surface area contributed by atoms with Crippen molar-refractivity contribution in [3.05, 3.63) is 125 Å². The van der Waals surface area contributed by atoms with Crippen LogP contribution in [0.3, 0.4) is 0 Å². The van der Waals surface area contributed by atoms with Crippen LogP contribution in [0.1, 0.15) is 22.3 Å². The molecule has 170 valence electrons. The van der Waals surface area contributed by atoms with E-state index in [0.717, 1.165) is 22.3 Å². The Morgan fingerprint density at radius 1 is 0.606 bits per heavy atom. The van der Waals surface area contributed by atoms with Gasteiger partial charge in [-0.3, -0.25) is 0 Å². The Hall–Kier alpha value is -2.97. The number of aryl methyl sites for hydroxylation is 3. The number of hydrogen-bond donors (Lipinski definition) is 1. The summed E-state index contributed by atoms with van der Waals surface area (Å²) in [5.41, 5.74) is 3.94. The topological polar surface area (TPSA) is 38.7 Å².